The van der Waals surface area contributed by atoms with Crippen molar-refractivity contribution in [2.24, 2.45) is 0 Å². The summed E-state index contributed by atoms with van der Waals surface area (Å²) in [5, 5.41) is 6.26. The molecule has 4 nitrogen and oxygen atoms in total. The first-order chi connectivity index (χ1) is 7.69. The van der Waals surface area contributed by atoms with E-state index in [0.29, 0.717) is 6.54 Å². The van der Waals surface area contributed by atoms with Crippen molar-refractivity contribution < 1.29 is 4.79 Å². The maximum atomic E-state index is 11.6. The molecule has 0 saturated carbocycles. The first-order valence-corrected chi connectivity index (χ1v) is 6.06. The highest BCUT2D eigenvalue weighted by molar-refractivity contribution is 6.30. The molecule has 0 aliphatic rings. The summed E-state index contributed by atoms with van der Waals surface area (Å²) in [5.74, 6) is -0.153. The summed E-state index contributed by atoms with van der Waals surface area (Å²) in [5.41, 5.74) is 0.753. The van der Waals surface area contributed by atoms with E-state index in [-0.39, 0.29) is 5.91 Å². The lowest BCUT2D eigenvalue weighted by molar-refractivity contribution is -0.120. The van der Waals surface area contributed by atoms with Crippen LogP contribution >= 0.6 is 11.6 Å². The largest absolute Gasteiger partial charge is 0.355 e. The van der Waals surface area contributed by atoms with E-state index in [0.717, 1.165) is 24.9 Å². The van der Waals surface area contributed by atoms with Crippen LogP contribution in [0.25, 0.3) is 0 Å². The van der Waals surface area contributed by atoms with Crippen LogP contribution in [0.4, 0.5) is 0 Å². The fourth-order valence-electron chi connectivity index (χ4n) is 1.35. The Labute approximate surface area is 101 Å². The molecule has 16 heavy (non-hydrogen) atoms. The second-order valence-corrected chi connectivity index (χ2v) is 4.13. The molecule has 1 heterocycles. The Morgan fingerprint density at radius 3 is 2.94 bits per heavy atom. The van der Waals surface area contributed by atoms with E-state index in [1.54, 1.807) is 10.9 Å². The molecule has 0 spiro atoms. The highest BCUT2D eigenvalue weighted by atomic mass is 35.5. The monoisotopic (exact) mass is 243 g/mol. The minimum atomic E-state index is -0.642. The lowest BCUT2D eigenvalue weighted by Crippen LogP contribution is -2.27. The fraction of sp³-hybridized carbons (Fsp3) is 0.636. The molecule has 0 radical (unpaired) electrons. The zero-order valence-electron chi connectivity index (χ0n) is 9.74. The van der Waals surface area contributed by atoms with Gasteiger partial charge in [-0.3, -0.25) is 9.48 Å². The molecular weight excluding hydrogens is 226 g/mol. The number of carbonyl (C=O) groups is 1. The molecule has 0 saturated heterocycles. The first kappa shape index (κ1) is 13.0. The summed E-state index contributed by atoms with van der Waals surface area (Å²) in [6.07, 6.45) is 5.39. The Kier molecular flexibility index (Phi) is 5.32. The van der Waals surface area contributed by atoms with Gasteiger partial charge in [-0.15, -0.1) is 11.6 Å². The molecule has 0 aromatic carbocycles. The van der Waals surface area contributed by atoms with Gasteiger partial charge in [-0.05, 0) is 12.8 Å². The number of nitrogens with one attached hydrogen (secondary N) is 1. The number of rotatable bonds is 6. The average molecular weight is 244 g/mol. The molecule has 0 fully saturated rings. The van der Waals surface area contributed by atoms with Crippen LogP contribution in [-0.2, 0) is 11.3 Å². The van der Waals surface area contributed by atoms with E-state index in [1.165, 1.54) is 0 Å². The lowest BCUT2D eigenvalue weighted by atomic mass is 10.2. The molecule has 0 bridgehead atoms. The second-order valence-electron chi connectivity index (χ2n) is 3.69. The normalized spacial score (nSPS) is 12.4. The molecule has 1 N–H and O–H groups in total. The van der Waals surface area contributed by atoms with Gasteiger partial charge in [-0.1, -0.05) is 13.8 Å². The van der Waals surface area contributed by atoms with Crippen molar-refractivity contribution in [3.63, 3.8) is 0 Å². The van der Waals surface area contributed by atoms with Crippen molar-refractivity contribution in [1.82, 2.24) is 15.1 Å². The van der Waals surface area contributed by atoms with E-state index >= 15 is 0 Å². The standard InChI is InChI=1S/C11H18ClN3O/c1-3-5-13-11(16)10(12)9-7-14-15(8-9)6-4-2/h7-8,10H,3-6H2,1-2H3,(H,13,16). The zero-order valence-corrected chi connectivity index (χ0v) is 10.5. The molecule has 0 aliphatic carbocycles. The Balaban J connectivity index is 2.57. The van der Waals surface area contributed by atoms with E-state index in [2.05, 4.69) is 17.3 Å². The van der Waals surface area contributed by atoms with Crippen LogP contribution in [0.15, 0.2) is 12.4 Å². The van der Waals surface area contributed by atoms with Gasteiger partial charge < -0.3 is 5.32 Å². The van der Waals surface area contributed by atoms with Crippen LogP contribution in [0.5, 0.6) is 0 Å². The quantitative estimate of drug-likeness (QED) is 0.778. The second kappa shape index (κ2) is 6.53. The third-order valence-corrected chi connectivity index (χ3v) is 2.63. The zero-order chi connectivity index (χ0) is 12.0. The van der Waals surface area contributed by atoms with Crippen molar-refractivity contribution >= 4 is 17.5 Å². The molecule has 90 valence electrons. The summed E-state index contributed by atoms with van der Waals surface area (Å²) < 4.78 is 1.80. The Morgan fingerprint density at radius 2 is 2.31 bits per heavy atom. The van der Waals surface area contributed by atoms with Gasteiger partial charge in [0.05, 0.1) is 6.20 Å². The number of carbonyl (C=O) groups excluding carboxylic acids is 1. The van der Waals surface area contributed by atoms with E-state index in [1.807, 2.05) is 13.1 Å². The van der Waals surface area contributed by atoms with Gasteiger partial charge in [0, 0.05) is 24.8 Å². The van der Waals surface area contributed by atoms with Crippen LogP contribution in [0, 0.1) is 0 Å². The fourth-order valence-corrected chi connectivity index (χ4v) is 1.54. The molecule has 1 amide bonds. The van der Waals surface area contributed by atoms with Gasteiger partial charge in [0.1, 0.15) is 5.38 Å². The molecule has 1 rings (SSSR count). The number of aryl methyl sites for hydroxylation is 1. The molecule has 1 unspecified atom stereocenters. The Hall–Kier alpha value is -1.03. The summed E-state index contributed by atoms with van der Waals surface area (Å²) in [7, 11) is 0. The molecule has 1 aromatic heterocycles. The van der Waals surface area contributed by atoms with Crippen molar-refractivity contribution in [3.8, 4) is 0 Å². The number of alkyl halides is 1. The molecule has 5 heteroatoms. The number of hydrogen-bond donors (Lipinski definition) is 1. The van der Waals surface area contributed by atoms with Crippen LogP contribution in [-0.4, -0.2) is 22.2 Å². The SMILES string of the molecule is CCCNC(=O)C(Cl)c1cnn(CCC)c1. The van der Waals surface area contributed by atoms with E-state index < -0.39 is 5.38 Å². The van der Waals surface area contributed by atoms with Gasteiger partial charge in [-0.25, -0.2) is 0 Å². The van der Waals surface area contributed by atoms with Gasteiger partial charge in [0.25, 0.3) is 0 Å². The molecule has 1 atom stereocenters. The molecule has 1 aromatic rings. The maximum Gasteiger partial charge on any atom is 0.242 e. The highest BCUT2D eigenvalue weighted by Crippen LogP contribution is 2.19. The number of nitrogens with zero attached hydrogens (tertiary/aromatic N) is 2. The summed E-state index contributed by atoms with van der Waals surface area (Å²) in [4.78, 5) is 11.6. The predicted molar refractivity (Wildman–Crippen MR) is 64.4 cm³/mol. The Morgan fingerprint density at radius 1 is 1.56 bits per heavy atom. The molecule has 0 aliphatic heterocycles. The van der Waals surface area contributed by atoms with E-state index in [4.69, 9.17) is 11.6 Å². The van der Waals surface area contributed by atoms with Crippen LogP contribution in [0.1, 0.15) is 37.6 Å². The number of hydrogen-bond acceptors (Lipinski definition) is 2. The van der Waals surface area contributed by atoms with Crippen molar-refractivity contribution in [1.29, 1.82) is 0 Å². The maximum absolute atomic E-state index is 11.6. The van der Waals surface area contributed by atoms with Crippen molar-refractivity contribution in [2.75, 3.05) is 6.54 Å². The van der Waals surface area contributed by atoms with Crippen molar-refractivity contribution in [3.05, 3.63) is 18.0 Å². The van der Waals surface area contributed by atoms with Crippen molar-refractivity contribution in [2.45, 2.75) is 38.6 Å². The third-order valence-electron chi connectivity index (χ3n) is 2.18. The number of aromatic nitrogens is 2. The number of halogens is 1. The minimum absolute atomic E-state index is 0.153. The molecular formula is C11H18ClN3O. The minimum Gasteiger partial charge on any atom is -0.355 e. The van der Waals surface area contributed by atoms with Crippen LogP contribution < -0.4 is 5.32 Å². The van der Waals surface area contributed by atoms with E-state index in [9.17, 15) is 4.79 Å². The lowest BCUT2D eigenvalue weighted by Gasteiger charge is -2.07. The van der Waals surface area contributed by atoms with Gasteiger partial charge >= 0.3 is 0 Å². The first-order valence-electron chi connectivity index (χ1n) is 5.63. The topological polar surface area (TPSA) is 46.9 Å². The summed E-state index contributed by atoms with van der Waals surface area (Å²) >= 11 is 6.04. The number of amides is 1. The van der Waals surface area contributed by atoms with Gasteiger partial charge in [0.15, 0.2) is 0 Å². The summed E-state index contributed by atoms with van der Waals surface area (Å²) in [6, 6.07) is 0. The smallest absolute Gasteiger partial charge is 0.242 e. The predicted octanol–water partition coefficient (Wildman–Crippen LogP) is 2.10. The van der Waals surface area contributed by atoms with Gasteiger partial charge in [-0.2, -0.15) is 5.10 Å². The van der Waals surface area contributed by atoms with Gasteiger partial charge in [0.2, 0.25) is 5.91 Å². The summed E-state index contributed by atoms with van der Waals surface area (Å²) in [6.45, 7) is 5.58. The highest BCUT2D eigenvalue weighted by Gasteiger charge is 2.18. The van der Waals surface area contributed by atoms with Crippen LogP contribution in [0.2, 0.25) is 0 Å². The van der Waals surface area contributed by atoms with Crippen LogP contribution in [0.3, 0.4) is 0 Å². The Bertz CT molecular complexity index is 338. The third kappa shape index (κ3) is 3.52. The average Bonchev–Trinajstić information content (AvgIpc) is 2.74.